The predicted octanol–water partition coefficient (Wildman–Crippen LogP) is 1.64. The van der Waals surface area contributed by atoms with Gasteiger partial charge in [-0.15, -0.1) is 0 Å². The van der Waals surface area contributed by atoms with Gasteiger partial charge in [0.1, 0.15) is 0 Å². The van der Waals surface area contributed by atoms with Crippen molar-refractivity contribution in [1.82, 2.24) is 9.78 Å². The number of primary amides is 1. The first-order valence-electron chi connectivity index (χ1n) is 5.39. The Labute approximate surface area is 109 Å². The fraction of sp³-hybridized carbons (Fsp3) is 0.167. The SMILES string of the molecule is CC(N)c1ccc(-n2cc(C(N)=O)cn2)c(Cl)c1. The van der Waals surface area contributed by atoms with Crippen molar-refractivity contribution < 1.29 is 4.79 Å². The molecular weight excluding hydrogens is 252 g/mol. The van der Waals surface area contributed by atoms with Gasteiger partial charge in [0.2, 0.25) is 0 Å². The second-order valence-electron chi connectivity index (χ2n) is 4.04. The van der Waals surface area contributed by atoms with Crippen LogP contribution in [0.3, 0.4) is 0 Å². The van der Waals surface area contributed by atoms with Gasteiger partial charge in [-0.25, -0.2) is 4.68 Å². The first-order chi connectivity index (χ1) is 8.49. The number of benzene rings is 1. The monoisotopic (exact) mass is 264 g/mol. The van der Waals surface area contributed by atoms with E-state index in [9.17, 15) is 4.79 Å². The molecule has 1 amide bonds. The Hall–Kier alpha value is -1.85. The van der Waals surface area contributed by atoms with Crippen LogP contribution in [0, 0.1) is 0 Å². The zero-order chi connectivity index (χ0) is 13.3. The predicted molar refractivity (Wildman–Crippen MR) is 69.7 cm³/mol. The van der Waals surface area contributed by atoms with Crippen LogP contribution in [-0.2, 0) is 0 Å². The molecule has 94 valence electrons. The summed E-state index contributed by atoms with van der Waals surface area (Å²) in [6.07, 6.45) is 2.94. The summed E-state index contributed by atoms with van der Waals surface area (Å²) in [5.74, 6) is -0.524. The number of hydrogen-bond donors (Lipinski definition) is 2. The summed E-state index contributed by atoms with van der Waals surface area (Å²) in [6, 6.07) is 5.37. The average molecular weight is 265 g/mol. The summed E-state index contributed by atoms with van der Waals surface area (Å²) in [5.41, 5.74) is 12.9. The van der Waals surface area contributed by atoms with Crippen LogP contribution in [0.4, 0.5) is 0 Å². The molecule has 0 spiro atoms. The molecule has 0 fully saturated rings. The summed E-state index contributed by atoms with van der Waals surface area (Å²) in [6.45, 7) is 1.88. The molecule has 1 aromatic heterocycles. The lowest BCUT2D eigenvalue weighted by atomic mass is 10.1. The molecule has 1 heterocycles. The van der Waals surface area contributed by atoms with E-state index < -0.39 is 5.91 Å². The van der Waals surface area contributed by atoms with E-state index in [1.54, 1.807) is 12.1 Å². The molecule has 1 aromatic carbocycles. The fourth-order valence-electron chi connectivity index (χ4n) is 1.57. The summed E-state index contributed by atoms with van der Waals surface area (Å²) in [5, 5.41) is 4.56. The van der Waals surface area contributed by atoms with Crippen molar-refractivity contribution in [2.45, 2.75) is 13.0 Å². The molecule has 5 nitrogen and oxygen atoms in total. The van der Waals surface area contributed by atoms with Crippen LogP contribution in [0.15, 0.2) is 30.6 Å². The first kappa shape index (κ1) is 12.6. The zero-order valence-corrected chi connectivity index (χ0v) is 10.6. The molecular formula is C12H13ClN4O. The number of carbonyl (C=O) groups is 1. The van der Waals surface area contributed by atoms with Crippen LogP contribution in [0.2, 0.25) is 5.02 Å². The standard InChI is InChI=1S/C12H13ClN4O/c1-7(14)8-2-3-11(10(13)4-8)17-6-9(5-16-17)12(15)18/h2-7H,14H2,1H3,(H2,15,18). The number of hydrogen-bond acceptors (Lipinski definition) is 3. The Bertz CT molecular complexity index is 592. The highest BCUT2D eigenvalue weighted by Crippen LogP contribution is 2.24. The van der Waals surface area contributed by atoms with Crippen molar-refractivity contribution in [3.8, 4) is 5.69 Å². The molecule has 0 bridgehead atoms. The molecule has 2 rings (SSSR count). The zero-order valence-electron chi connectivity index (χ0n) is 9.80. The van der Waals surface area contributed by atoms with E-state index >= 15 is 0 Å². The first-order valence-corrected chi connectivity index (χ1v) is 5.76. The van der Waals surface area contributed by atoms with Crippen molar-refractivity contribution in [3.05, 3.63) is 46.7 Å². The molecule has 0 aliphatic heterocycles. The Kier molecular flexibility index (Phi) is 3.36. The quantitative estimate of drug-likeness (QED) is 0.884. The molecule has 6 heteroatoms. The summed E-state index contributed by atoms with van der Waals surface area (Å²) >= 11 is 6.16. The summed E-state index contributed by atoms with van der Waals surface area (Å²) in [4.78, 5) is 11.0. The number of nitrogens with zero attached hydrogens (tertiary/aromatic N) is 2. The van der Waals surface area contributed by atoms with Crippen molar-refractivity contribution in [2.24, 2.45) is 11.5 Å². The van der Waals surface area contributed by atoms with Crippen molar-refractivity contribution >= 4 is 17.5 Å². The second-order valence-corrected chi connectivity index (χ2v) is 4.44. The molecule has 18 heavy (non-hydrogen) atoms. The summed E-state index contributed by atoms with van der Waals surface area (Å²) < 4.78 is 1.51. The maximum atomic E-state index is 11.0. The normalized spacial score (nSPS) is 12.4. The van der Waals surface area contributed by atoms with Gasteiger partial charge >= 0.3 is 0 Å². The van der Waals surface area contributed by atoms with Crippen molar-refractivity contribution in [3.63, 3.8) is 0 Å². The van der Waals surface area contributed by atoms with Gasteiger partial charge in [0.05, 0.1) is 22.5 Å². The number of carbonyl (C=O) groups excluding carboxylic acids is 1. The maximum absolute atomic E-state index is 11.0. The second kappa shape index (κ2) is 4.80. The highest BCUT2D eigenvalue weighted by atomic mass is 35.5. The Morgan fingerprint density at radius 3 is 2.72 bits per heavy atom. The molecule has 0 saturated carbocycles. The van der Waals surface area contributed by atoms with Crippen LogP contribution in [0.5, 0.6) is 0 Å². The van der Waals surface area contributed by atoms with Crippen LogP contribution < -0.4 is 11.5 Å². The van der Waals surface area contributed by atoms with E-state index in [-0.39, 0.29) is 6.04 Å². The van der Waals surface area contributed by atoms with Gasteiger partial charge in [0.15, 0.2) is 0 Å². The van der Waals surface area contributed by atoms with E-state index in [1.807, 2.05) is 13.0 Å². The molecule has 0 saturated heterocycles. The lowest BCUT2D eigenvalue weighted by Crippen LogP contribution is -2.09. The van der Waals surface area contributed by atoms with Gasteiger partial charge in [0.25, 0.3) is 5.91 Å². The number of halogens is 1. The molecule has 1 atom stereocenters. The van der Waals surface area contributed by atoms with Gasteiger partial charge in [0, 0.05) is 12.2 Å². The minimum atomic E-state index is -0.524. The maximum Gasteiger partial charge on any atom is 0.251 e. The number of aromatic nitrogens is 2. The van der Waals surface area contributed by atoms with Crippen molar-refractivity contribution in [2.75, 3.05) is 0 Å². The van der Waals surface area contributed by atoms with Gasteiger partial charge in [-0.3, -0.25) is 4.79 Å². The molecule has 0 aliphatic carbocycles. The minimum absolute atomic E-state index is 0.0876. The van der Waals surface area contributed by atoms with Crippen LogP contribution in [0.25, 0.3) is 5.69 Å². The van der Waals surface area contributed by atoms with Crippen LogP contribution in [0.1, 0.15) is 28.9 Å². The number of amides is 1. The van der Waals surface area contributed by atoms with E-state index in [1.165, 1.54) is 17.1 Å². The van der Waals surface area contributed by atoms with E-state index in [4.69, 9.17) is 23.1 Å². The third-order valence-electron chi connectivity index (χ3n) is 2.61. The highest BCUT2D eigenvalue weighted by Gasteiger charge is 2.09. The molecule has 4 N–H and O–H groups in total. The van der Waals surface area contributed by atoms with Gasteiger partial charge in [-0.2, -0.15) is 5.10 Å². The van der Waals surface area contributed by atoms with E-state index in [2.05, 4.69) is 5.10 Å². The van der Waals surface area contributed by atoms with E-state index in [0.717, 1.165) is 5.56 Å². The fourth-order valence-corrected chi connectivity index (χ4v) is 1.85. The largest absolute Gasteiger partial charge is 0.366 e. The Balaban J connectivity index is 2.41. The van der Waals surface area contributed by atoms with Gasteiger partial charge in [-0.1, -0.05) is 17.7 Å². The molecule has 1 unspecified atom stereocenters. The van der Waals surface area contributed by atoms with Crippen LogP contribution >= 0.6 is 11.6 Å². The Morgan fingerprint density at radius 1 is 1.50 bits per heavy atom. The number of nitrogens with two attached hydrogens (primary N) is 2. The van der Waals surface area contributed by atoms with Crippen LogP contribution in [-0.4, -0.2) is 15.7 Å². The van der Waals surface area contributed by atoms with Gasteiger partial charge in [-0.05, 0) is 24.6 Å². The van der Waals surface area contributed by atoms with Crippen molar-refractivity contribution in [1.29, 1.82) is 0 Å². The average Bonchev–Trinajstić information content (AvgIpc) is 2.78. The summed E-state index contributed by atoms with van der Waals surface area (Å²) in [7, 11) is 0. The molecule has 0 aliphatic rings. The highest BCUT2D eigenvalue weighted by molar-refractivity contribution is 6.32. The molecule has 0 radical (unpaired) electrons. The minimum Gasteiger partial charge on any atom is -0.366 e. The lowest BCUT2D eigenvalue weighted by molar-refractivity contribution is 0.100. The van der Waals surface area contributed by atoms with Gasteiger partial charge < -0.3 is 11.5 Å². The third kappa shape index (κ3) is 2.37. The lowest BCUT2D eigenvalue weighted by Gasteiger charge is -2.09. The molecule has 2 aromatic rings. The third-order valence-corrected chi connectivity index (χ3v) is 2.91. The Morgan fingerprint density at radius 2 is 2.22 bits per heavy atom. The van der Waals surface area contributed by atoms with E-state index in [0.29, 0.717) is 16.3 Å². The topological polar surface area (TPSA) is 86.9 Å². The smallest absolute Gasteiger partial charge is 0.251 e. The number of rotatable bonds is 3.